The first-order valence-corrected chi connectivity index (χ1v) is 9.95. The molecule has 2 aromatic carbocycles. The third-order valence-corrected chi connectivity index (χ3v) is 5.50. The molecule has 5 heteroatoms. The Bertz CT molecular complexity index is 986. The van der Waals surface area contributed by atoms with Crippen molar-refractivity contribution >= 4 is 0 Å². The molecule has 3 nitrogen and oxygen atoms in total. The van der Waals surface area contributed by atoms with Crippen molar-refractivity contribution in [3.05, 3.63) is 83.1 Å². The lowest BCUT2D eigenvalue weighted by atomic mass is 9.88. The van der Waals surface area contributed by atoms with Crippen molar-refractivity contribution in [2.45, 2.75) is 32.3 Å². The number of nitrogens with zero attached hydrogens (tertiary/aromatic N) is 1. The summed E-state index contributed by atoms with van der Waals surface area (Å²) in [5, 5.41) is 3.39. The molecule has 0 spiro atoms. The fourth-order valence-electron chi connectivity index (χ4n) is 3.86. The number of aryl methyl sites for hydroxylation is 1. The van der Waals surface area contributed by atoms with E-state index < -0.39 is 11.6 Å². The fraction of sp³-hybridized carbons (Fsp3) is 0.292. The molecule has 0 atom stereocenters. The Morgan fingerprint density at radius 2 is 1.90 bits per heavy atom. The summed E-state index contributed by atoms with van der Waals surface area (Å²) >= 11 is 0. The molecule has 1 saturated heterocycles. The van der Waals surface area contributed by atoms with Crippen molar-refractivity contribution in [2.24, 2.45) is 0 Å². The van der Waals surface area contributed by atoms with Crippen molar-refractivity contribution in [1.82, 2.24) is 10.3 Å². The van der Waals surface area contributed by atoms with Gasteiger partial charge >= 0.3 is 0 Å². The predicted molar refractivity (Wildman–Crippen MR) is 110 cm³/mol. The summed E-state index contributed by atoms with van der Waals surface area (Å²) in [7, 11) is 0. The molecule has 0 saturated carbocycles. The number of hydrogen-bond acceptors (Lipinski definition) is 3. The maximum Gasteiger partial charge on any atom is 0.168 e. The van der Waals surface area contributed by atoms with Gasteiger partial charge in [-0.2, -0.15) is 0 Å². The monoisotopic (exact) mass is 394 g/mol. The number of hydrogen-bond donors (Lipinski definition) is 1. The maximum absolute atomic E-state index is 14.5. The van der Waals surface area contributed by atoms with Crippen LogP contribution in [0.25, 0.3) is 11.3 Å². The minimum absolute atomic E-state index is 0.0203. The largest absolute Gasteiger partial charge is 0.485 e. The molecule has 0 bridgehead atoms. The molecule has 0 amide bonds. The average molecular weight is 394 g/mol. The van der Waals surface area contributed by atoms with Gasteiger partial charge in [-0.15, -0.1) is 0 Å². The van der Waals surface area contributed by atoms with Crippen LogP contribution in [-0.2, 0) is 6.61 Å². The highest BCUT2D eigenvalue weighted by molar-refractivity contribution is 5.67. The van der Waals surface area contributed by atoms with E-state index in [4.69, 9.17) is 4.74 Å². The van der Waals surface area contributed by atoms with Gasteiger partial charge < -0.3 is 10.1 Å². The lowest BCUT2D eigenvalue weighted by Gasteiger charge is -2.23. The van der Waals surface area contributed by atoms with Gasteiger partial charge in [0.25, 0.3) is 0 Å². The zero-order valence-electron chi connectivity index (χ0n) is 16.4. The topological polar surface area (TPSA) is 34.1 Å². The Morgan fingerprint density at radius 3 is 2.62 bits per heavy atom. The molecule has 4 rings (SSSR count). The van der Waals surface area contributed by atoms with Crippen LogP contribution in [0.4, 0.5) is 8.78 Å². The Hall–Kier alpha value is -2.79. The summed E-state index contributed by atoms with van der Waals surface area (Å²) < 4.78 is 34.2. The standard InChI is InChI=1S/C24H24F2N2O/c1-16-12-18(17-7-10-27-11-8-17)5-6-19(16)15-29-24-21(13-20(25)14-22(24)26)23-4-2-3-9-28-23/h2-6,9,12-14,17,27H,7-8,10-11,15H2,1H3. The molecule has 1 fully saturated rings. The summed E-state index contributed by atoms with van der Waals surface area (Å²) in [6, 6.07) is 13.7. The number of benzene rings is 2. The van der Waals surface area contributed by atoms with Gasteiger partial charge in [0.05, 0.1) is 5.69 Å². The van der Waals surface area contributed by atoms with Crippen LogP contribution in [0, 0.1) is 18.6 Å². The molecule has 0 radical (unpaired) electrons. The number of aromatic nitrogens is 1. The van der Waals surface area contributed by atoms with Gasteiger partial charge in [-0.25, -0.2) is 8.78 Å². The van der Waals surface area contributed by atoms with Gasteiger partial charge in [0.15, 0.2) is 11.6 Å². The van der Waals surface area contributed by atoms with Crippen molar-refractivity contribution < 1.29 is 13.5 Å². The summed E-state index contributed by atoms with van der Waals surface area (Å²) in [6.45, 7) is 4.36. The van der Waals surface area contributed by atoms with Crippen molar-refractivity contribution in [3.63, 3.8) is 0 Å². The molecule has 3 aromatic rings. The van der Waals surface area contributed by atoms with Crippen LogP contribution in [0.2, 0.25) is 0 Å². The predicted octanol–water partition coefficient (Wildman–Crippen LogP) is 5.38. The first kappa shape index (κ1) is 19.5. The molecule has 1 N–H and O–H groups in total. The van der Waals surface area contributed by atoms with Crippen LogP contribution < -0.4 is 10.1 Å². The highest BCUT2D eigenvalue weighted by Crippen LogP contribution is 2.33. The zero-order chi connectivity index (χ0) is 20.2. The van der Waals surface area contributed by atoms with Crippen molar-refractivity contribution in [1.29, 1.82) is 0 Å². The van der Waals surface area contributed by atoms with Gasteiger partial charge in [-0.05, 0) is 73.7 Å². The number of nitrogens with one attached hydrogen (secondary N) is 1. The molecule has 1 aliphatic heterocycles. The van der Waals surface area contributed by atoms with E-state index in [9.17, 15) is 8.78 Å². The molecule has 1 aromatic heterocycles. The first-order valence-electron chi connectivity index (χ1n) is 9.95. The van der Waals surface area contributed by atoms with Gasteiger partial charge in [0.2, 0.25) is 0 Å². The Morgan fingerprint density at radius 1 is 1.07 bits per heavy atom. The number of ether oxygens (including phenoxy) is 1. The van der Waals surface area contributed by atoms with Crippen LogP contribution in [0.5, 0.6) is 5.75 Å². The maximum atomic E-state index is 14.5. The number of piperidine rings is 1. The van der Waals surface area contributed by atoms with Crippen LogP contribution in [0.1, 0.15) is 35.4 Å². The number of rotatable bonds is 5. The fourth-order valence-corrected chi connectivity index (χ4v) is 3.86. The van der Waals surface area contributed by atoms with Crippen LogP contribution in [-0.4, -0.2) is 18.1 Å². The minimum atomic E-state index is -0.727. The number of halogens is 2. The van der Waals surface area contributed by atoms with Crippen LogP contribution in [0.3, 0.4) is 0 Å². The molecule has 2 heterocycles. The lowest BCUT2D eigenvalue weighted by molar-refractivity contribution is 0.290. The molecular weight excluding hydrogens is 370 g/mol. The van der Waals surface area contributed by atoms with E-state index in [1.165, 1.54) is 11.6 Å². The molecule has 0 unspecified atom stereocenters. The zero-order valence-corrected chi connectivity index (χ0v) is 16.4. The first-order chi connectivity index (χ1) is 14.1. The second kappa shape index (κ2) is 8.70. The lowest BCUT2D eigenvalue weighted by Crippen LogP contribution is -2.26. The minimum Gasteiger partial charge on any atom is -0.485 e. The normalized spacial score (nSPS) is 14.7. The summed E-state index contributed by atoms with van der Waals surface area (Å²) in [5.74, 6) is -0.783. The van der Waals surface area contributed by atoms with Crippen LogP contribution in [0.15, 0.2) is 54.7 Å². The quantitative estimate of drug-likeness (QED) is 0.631. The summed E-state index contributed by atoms with van der Waals surface area (Å²) in [4.78, 5) is 4.21. The molecule has 150 valence electrons. The van der Waals surface area contributed by atoms with Crippen molar-refractivity contribution in [2.75, 3.05) is 13.1 Å². The SMILES string of the molecule is Cc1cc(C2CCNCC2)ccc1COc1c(F)cc(F)cc1-c1ccccn1. The molecule has 29 heavy (non-hydrogen) atoms. The Labute approximate surface area is 169 Å². The van der Waals surface area contributed by atoms with E-state index in [0.29, 0.717) is 17.2 Å². The molecule has 1 aliphatic rings. The summed E-state index contributed by atoms with van der Waals surface area (Å²) in [5.41, 5.74) is 4.22. The molecule has 0 aliphatic carbocycles. The van der Waals surface area contributed by atoms with E-state index in [0.717, 1.165) is 43.1 Å². The van der Waals surface area contributed by atoms with E-state index in [-0.39, 0.29) is 12.4 Å². The second-order valence-electron chi connectivity index (χ2n) is 7.48. The number of pyridine rings is 1. The highest BCUT2D eigenvalue weighted by Gasteiger charge is 2.18. The van der Waals surface area contributed by atoms with Crippen LogP contribution >= 0.6 is 0 Å². The third-order valence-electron chi connectivity index (χ3n) is 5.50. The van der Waals surface area contributed by atoms with Gasteiger partial charge in [0.1, 0.15) is 12.4 Å². The average Bonchev–Trinajstić information content (AvgIpc) is 2.74. The third kappa shape index (κ3) is 4.46. The van der Waals surface area contributed by atoms with Crippen molar-refractivity contribution in [3.8, 4) is 17.0 Å². The Balaban J connectivity index is 1.56. The van der Waals surface area contributed by atoms with Gasteiger partial charge in [-0.1, -0.05) is 24.3 Å². The smallest absolute Gasteiger partial charge is 0.168 e. The second-order valence-corrected chi connectivity index (χ2v) is 7.48. The van der Waals surface area contributed by atoms with E-state index >= 15 is 0 Å². The van der Waals surface area contributed by atoms with E-state index in [1.54, 1.807) is 24.4 Å². The highest BCUT2D eigenvalue weighted by atomic mass is 19.1. The van der Waals surface area contributed by atoms with E-state index in [1.807, 2.05) is 6.92 Å². The molecular formula is C24H24F2N2O. The van der Waals surface area contributed by atoms with Gasteiger partial charge in [0, 0.05) is 17.8 Å². The summed E-state index contributed by atoms with van der Waals surface area (Å²) in [6.07, 6.45) is 3.87. The Kier molecular flexibility index (Phi) is 5.86. The van der Waals surface area contributed by atoms with E-state index in [2.05, 4.69) is 28.5 Å². The van der Waals surface area contributed by atoms with Gasteiger partial charge in [-0.3, -0.25) is 4.98 Å².